The van der Waals surface area contributed by atoms with Crippen molar-refractivity contribution in [2.45, 2.75) is 24.8 Å². The molecular weight excluding hydrogens is 328 g/mol. The van der Waals surface area contributed by atoms with Gasteiger partial charge in [-0.05, 0) is 0 Å². The molecule has 0 aliphatic carbocycles. The van der Waals surface area contributed by atoms with Crippen LogP contribution in [0.3, 0.4) is 0 Å². The third kappa shape index (κ3) is 3.31. The average molecular weight is 352 g/mol. The van der Waals surface area contributed by atoms with E-state index in [1.807, 2.05) is 0 Å². The van der Waals surface area contributed by atoms with Crippen molar-refractivity contribution in [2.75, 3.05) is 40.0 Å². The van der Waals surface area contributed by atoms with E-state index >= 15 is 0 Å². The van der Waals surface area contributed by atoms with Gasteiger partial charge in [0.05, 0.1) is 18.9 Å². The van der Waals surface area contributed by atoms with Gasteiger partial charge in [0, 0.05) is 13.1 Å². The fourth-order valence-electron chi connectivity index (χ4n) is 3.08. The molecule has 2 heterocycles. The molecule has 0 radical (unpaired) electrons. The van der Waals surface area contributed by atoms with Crippen molar-refractivity contribution in [3.63, 3.8) is 0 Å². The number of aliphatic hydroxyl groups is 6. The molecule has 24 heavy (non-hydrogen) atoms. The van der Waals surface area contributed by atoms with Gasteiger partial charge < -0.3 is 36.0 Å². The Bertz CT molecular complexity index is 432. The lowest BCUT2D eigenvalue weighted by atomic mass is 10.2. The Morgan fingerprint density at radius 1 is 1.17 bits per heavy atom. The summed E-state index contributed by atoms with van der Waals surface area (Å²) in [4.78, 5) is 14.0. The number of hydrogen-bond acceptors (Lipinski definition) is 11. The number of amides is 2. The van der Waals surface area contributed by atoms with Gasteiger partial charge in [0.2, 0.25) is 0 Å². The van der Waals surface area contributed by atoms with Gasteiger partial charge in [-0.25, -0.2) is 19.6 Å². The van der Waals surface area contributed by atoms with E-state index in [4.69, 9.17) is 5.11 Å². The number of nitrogens with zero attached hydrogens (tertiary/aromatic N) is 4. The van der Waals surface area contributed by atoms with Crippen molar-refractivity contribution in [1.82, 2.24) is 30.5 Å². The summed E-state index contributed by atoms with van der Waals surface area (Å²) in [6.07, 6.45) is -3.51. The highest BCUT2D eigenvalue weighted by Gasteiger charge is 2.52. The van der Waals surface area contributed by atoms with Gasteiger partial charge in [-0.3, -0.25) is 5.32 Å². The Morgan fingerprint density at radius 2 is 1.83 bits per heavy atom. The average Bonchev–Trinajstić information content (AvgIpc) is 3.10. The summed E-state index contributed by atoms with van der Waals surface area (Å²) in [6.45, 7) is -1.84. The molecule has 13 heteroatoms. The first-order chi connectivity index (χ1) is 11.5. The number of aliphatic hydroxyl groups excluding tert-OH is 6. The van der Waals surface area contributed by atoms with Crippen molar-refractivity contribution in [3.8, 4) is 0 Å². The van der Waals surface area contributed by atoms with E-state index in [0.717, 1.165) is 14.8 Å². The number of carbonyl (C=O) groups excluding carboxylic acids is 1. The lowest BCUT2D eigenvalue weighted by molar-refractivity contribution is -0.138. The lowest BCUT2D eigenvalue weighted by Gasteiger charge is -2.39. The van der Waals surface area contributed by atoms with Crippen LogP contribution < -0.4 is 10.6 Å². The molecule has 0 aromatic heterocycles. The van der Waals surface area contributed by atoms with Crippen LogP contribution in [0.25, 0.3) is 0 Å². The Kier molecular flexibility index (Phi) is 6.64. The Hall–Kier alpha value is -1.13. The van der Waals surface area contributed by atoms with Crippen LogP contribution in [-0.2, 0) is 0 Å². The van der Waals surface area contributed by atoms with Crippen molar-refractivity contribution in [3.05, 3.63) is 0 Å². The number of urea groups is 1. The Balaban J connectivity index is 2.23. The smallest absolute Gasteiger partial charge is 0.335 e. The van der Waals surface area contributed by atoms with Crippen LogP contribution in [0.4, 0.5) is 4.79 Å². The highest BCUT2D eigenvalue weighted by Crippen LogP contribution is 2.28. The van der Waals surface area contributed by atoms with Gasteiger partial charge >= 0.3 is 6.03 Å². The van der Waals surface area contributed by atoms with Crippen molar-refractivity contribution in [1.29, 1.82) is 0 Å². The van der Waals surface area contributed by atoms with Gasteiger partial charge in [0.25, 0.3) is 0 Å². The van der Waals surface area contributed by atoms with Crippen molar-refractivity contribution >= 4 is 6.03 Å². The summed E-state index contributed by atoms with van der Waals surface area (Å²) in [5.74, 6) is 0. The standard InChI is InChI=1S/C11H24N6O7/c18-3-13-10(23)17(6-21)16-2-1-12-8(16)7-9(22)15(5-20)11(24)14(7)4-19/h7-9,11-12,18-22,24H,1-6H2,(H,13,23). The molecule has 140 valence electrons. The van der Waals surface area contributed by atoms with E-state index in [1.54, 1.807) is 0 Å². The number of hydrazine groups is 1. The molecule has 0 bridgehead atoms. The van der Waals surface area contributed by atoms with Gasteiger partial charge in [0.15, 0.2) is 6.35 Å². The van der Waals surface area contributed by atoms with Crippen LogP contribution in [0.5, 0.6) is 0 Å². The van der Waals surface area contributed by atoms with Crippen molar-refractivity contribution in [2.24, 2.45) is 0 Å². The molecule has 2 saturated heterocycles. The normalized spacial score (nSPS) is 32.4. The maximum Gasteiger partial charge on any atom is 0.335 e. The van der Waals surface area contributed by atoms with Crippen LogP contribution in [0, 0.1) is 0 Å². The first-order valence-corrected chi connectivity index (χ1v) is 7.38. The minimum absolute atomic E-state index is 0.293. The van der Waals surface area contributed by atoms with Gasteiger partial charge in [-0.1, -0.05) is 0 Å². The largest absolute Gasteiger partial charge is 0.381 e. The molecule has 0 aromatic carbocycles. The van der Waals surface area contributed by atoms with Crippen molar-refractivity contribution < 1.29 is 35.4 Å². The predicted molar refractivity (Wildman–Crippen MR) is 76.7 cm³/mol. The number of hydrogen-bond donors (Lipinski definition) is 8. The first kappa shape index (κ1) is 19.2. The Labute approximate surface area is 137 Å². The van der Waals surface area contributed by atoms with Gasteiger partial charge in [0.1, 0.15) is 26.4 Å². The summed E-state index contributed by atoms with van der Waals surface area (Å²) in [7, 11) is 0. The second kappa shape index (κ2) is 8.30. The second-order valence-corrected chi connectivity index (χ2v) is 5.30. The molecule has 4 atom stereocenters. The molecule has 2 fully saturated rings. The highest BCUT2D eigenvalue weighted by molar-refractivity contribution is 5.73. The minimum Gasteiger partial charge on any atom is -0.381 e. The number of nitrogens with one attached hydrogen (secondary N) is 2. The van der Waals surface area contributed by atoms with Crippen LogP contribution in [0.1, 0.15) is 0 Å². The molecule has 0 saturated carbocycles. The van der Waals surface area contributed by atoms with Gasteiger partial charge in [-0.2, -0.15) is 5.01 Å². The van der Waals surface area contributed by atoms with E-state index in [2.05, 4.69) is 10.6 Å². The SMILES string of the molecule is O=C(NCO)N(CO)N1CCNC1C1C(O)N(CO)C(O)N1CO. The molecule has 2 rings (SSSR count). The summed E-state index contributed by atoms with van der Waals surface area (Å²) in [5, 5.41) is 65.0. The molecule has 2 aliphatic heterocycles. The summed E-state index contributed by atoms with van der Waals surface area (Å²) in [6, 6.07) is -1.66. The Morgan fingerprint density at radius 3 is 2.38 bits per heavy atom. The molecule has 0 aromatic rings. The fraction of sp³-hybridized carbons (Fsp3) is 0.909. The monoisotopic (exact) mass is 352 g/mol. The van der Waals surface area contributed by atoms with E-state index in [0.29, 0.717) is 13.1 Å². The maximum atomic E-state index is 11.9. The van der Waals surface area contributed by atoms with E-state index in [1.165, 1.54) is 5.01 Å². The predicted octanol–water partition coefficient (Wildman–Crippen LogP) is -5.48. The van der Waals surface area contributed by atoms with Gasteiger partial charge in [-0.15, -0.1) is 0 Å². The molecular formula is C11H24N6O7. The number of rotatable bonds is 6. The molecule has 0 spiro atoms. The number of carbonyl (C=O) groups is 1. The zero-order valence-electron chi connectivity index (χ0n) is 12.9. The lowest BCUT2D eigenvalue weighted by Crippen LogP contribution is -2.62. The van der Waals surface area contributed by atoms with E-state index in [-0.39, 0.29) is 0 Å². The van der Waals surface area contributed by atoms with Crippen LogP contribution in [0.2, 0.25) is 0 Å². The molecule has 4 unspecified atom stereocenters. The van der Waals surface area contributed by atoms with Crippen LogP contribution in [-0.4, -0.2) is 121 Å². The van der Waals surface area contributed by atoms with E-state index in [9.17, 15) is 30.3 Å². The maximum absolute atomic E-state index is 11.9. The first-order valence-electron chi connectivity index (χ1n) is 7.38. The van der Waals surface area contributed by atoms with Crippen LogP contribution in [0.15, 0.2) is 0 Å². The molecule has 8 N–H and O–H groups in total. The second-order valence-electron chi connectivity index (χ2n) is 5.30. The zero-order valence-corrected chi connectivity index (χ0v) is 12.9. The molecule has 13 nitrogen and oxygen atoms in total. The van der Waals surface area contributed by atoms with E-state index < -0.39 is 57.7 Å². The molecule has 2 aliphatic rings. The quantitative estimate of drug-likeness (QED) is 0.214. The minimum atomic E-state index is -1.42. The summed E-state index contributed by atoms with van der Waals surface area (Å²) < 4.78 is 0. The fourth-order valence-corrected chi connectivity index (χ4v) is 3.08. The summed E-state index contributed by atoms with van der Waals surface area (Å²) >= 11 is 0. The molecule has 2 amide bonds. The zero-order chi connectivity index (χ0) is 17.9. The summed E-state index contributed by atoms with van der Waals surface area (Å²) in [5.41, 5.74) is 0. The third-order valence-corrected chi connectivity index (χ3v) is 4.20. The third-order valence-electron chi connectivity index (χ3n) is 4.20. The highest BCUT2D eigenvalue weighted by atomic mass is 16.4. The van der Waals surface area contributed by atoms with Crippen LogP contribution >= 0.6 is 0 Å². The topological polar surface area (TPSA) is 175 Å².